The van der Waals surface area contributed by atoms with Gasteiger partial charge in [0.1, 0.15) is 5.60 Å². The molecule has 23 heavy (non-hydrogen) atoms. The van der Waals surface area contributed by atoms with Crippen LogP contribution in [0.3, 0.4) is 0 Å². The highest BCUT2D eigenvalue weighted by Crippen LogP contribution is 2.28. The van der Waals surface area contributed by atoms with E-state index in [0.717, 1.165) is 0 Å². The molecule has 126 valence electrons. The number of likely N-dealkylation sites (tertiary alicyclic amines) is 1. The van der Waals surface area contributed by atoms with E-state index in [0.29, 0.717) is 25.3 Å². The van der Waals surface area contributed by atoms with Crippen LogP contribution in [0.5, 0.6) is 0 Å². The number of hydrogen-bond acceptors (Lipinski definition) is 6. The topological polar surface area (TPSA) is 88.8 Å². The van der Waals surface area contributed by atoms with Crippen molar-refractivity contribution in [2.45, 2.75) is 38.8 Å². The molecule has 1 aromatic rings. The number of rotatable bonds is 3. The van der Waals surface area contributed by atoms with Gasteiger partial charge in [0.25, 0.3) is 0 Å². The van der Waals surface area contributed by atoms with Gasteiger partial charge >= 0.3 is 11.8 Å². The normalized spacial score (nSPS) is 17.9. The van der Waals surface area contributed by atoms with Crippen LogP contribution in [0, 0.1) is 10.1 Å². The monoisotopic (exact) mass is 322 g/mol. The van der Waals surface area contributed by atoms with Gasteiger partial charge in [-0.15, -0.1) is 0 Å². The van der Waals surface area contributed by atoms with Crippen molar-refractivity contribution in [2.75, 3.05) is 25.0 Å². The van der Waals surface area contributed by atoms with E-state index >= 15 is 0 Å². The molecule has 1 aliphatic heterocycles. The summed E-state index contributed by atoms with van der Waals surface area (Å²) in [6.45, 7) is 6.48. The molecule has 1 aliphatic rings. The number of nitro groups is 1. The van der Waals surface area contributed by atoms with Crippen LogP contribution in [-0.2, 0) is 4.74 Å². The molecule has 0 saturated carbocycles. The minimum absolute atomic E-state index is 0.0314. The molecule has 1 amide bonds. The number of hydrogen-bond donors (Lipinski definition) is 0. The second-order valence-electron chi connectivity index (χ2n) is 6.58. The van der Waals surface area contributed by atoms with Crippen LogP contribution < -0.4 is 4.90 Å². The highest BCUT2D eigenvalue weighted by molar-refractivity contribution is 5.69. The van der Waals surface area contributed by atoms with E-state index < -0.39 is 10.5 Å². The predicted molar refractivity (Wildman–Crippen MR) is 85.5 cm³/mol. The van der Waals surface area contributed by atoms with Crippen molar-refractivity contribution >= 4 is 17.6 Å². The van der Waals surface area contributed by atoms with Crippen LogP contribution in [0.15, 0.2) is 18.3 Å². The maximum Gasteiger partial charge on any atom is 0.410 e. The minimum atomic E-state index is -0.541. The average molecular weight is 322 g/mol. The van der Waals surface area contributed by atoms with E-state index in [1.54, 1.807) is 16.8 Å². The Bertz CT molecular complexity index is 599. The maximum absolute atomic E-state index is 12.1. The van der Waals surface area contributed by atoms with Gasteiger partial charge in [0.2, 0.25) is 5.82 Å². The Kier molecular flexibility index (Phi) is 4.72. The molecule has 1 fully saturated rings. The quantitative estimate of drug-likeness (QED) is 0.627. The van der Waals surface area contributed by atoms with Gasteiger partial charge in [-0.05, 0) is 33.3 Å². The summed E-state index contributed by atoms with van der Waals surface area (Å²) >= 11 is 0. The number of ether oxygens (including phenoxy) is 1. The van der Waals surface area contributed by atoms with Gasteiger partial charge in [0.15, 0.2) is 0 Å². The van der Waals surface area contributed by atoms with Crippen molar-refractivity contribution in [3.05, 3.63) is 28.4 Å². The molecule has 0 aromatic carbocycles. The Balaban J connectivity index is 2.07. The Morgan fingerprint density at radius 1 is 1.52 bits per heavy atom. The fourth-order valence-corrected chi connectivity index (χ4v) is 2.53. The molecule has 0 spiro atoms. The van der Waals surface area contributed by atoms with E-state index in [9.17, 15) is 14.9 Å². The van der Waals surface area contributed by atoms with Gasteiger partial charge < -0.3 is 14.5 Å². The molecule has 0 N–H and O–H groups in total. The first-order chi connectivity index (χ1) is 10.7. The van der Waals surface area contributed by atoms with E-state index in [2.05, 4.69) is 4.98 Å². The summed E-state index contributed by atoms with van der Waals surface area (Å²) in [6, 6.07) is 2.94. The van der Waals surface area contributed by atoms with Crippen LogP contribution in [-0.4, -0.2) is 52.7 Å². The fourth-order valence-electron chi connectivity index (χ4n) is 2.53. The van der Waals surface area contributed by atoms with Crippen LogP contribution in [0.2, 0.25) is 0 Å². The lowest BCUT2D eigenvalue weighted by molar-refractivity contribution is -0.384. The number of amides is 1. The van der Waals surface area contributed by atoms with Crippen LogP contribution in [0.25, 0.3) is 0 Å². The van der Waals surface area contributed by atoms with Crippen molar-refractivity contribution in [1.29, 1.82) is 0 Å². The van der Waals surface area contributed by atoms with E-state index in [1.165, 1.54) is 18.3 Å². The van der Waals surface area contributed by atoms with Crippen molar-refractivity contribution in [1.82, 2.24) is 9.88 Å². The molecule has 0 radical (unpaired) electrons. The SMILES string of the molecule is CN(c1ncccc1[N+](=O)[O-])C1CCN(C(=O)OC(C)(C)C)C1. The second-order valence-corrected chi connectivity index (χ2v) is 6.58. The van der Waals surface area contributed by atoms with Crippen molar-refractivity contribution in [3.63, 3.8) is 0 Å². The van der Waals surface area contributed by atoms with Gasteiger partial charge in [-0.3, -0.25) is 10.1 Å². The van der Waals surface area contributed by atoms with Crippen molar-refractivity contribution < 1.29 is 14.5 Å². The molecule has 1 unspecified atom stereocenters. The minimum Gasteiger partial charge on any atom is -0.444 e. The first-order valence-corrected chi connectivity index (χ1v) is 7.49. The third-order valence-electron chi connectivity index (χ3n) is 3.66. The summed E-state index contributed by atoms with van der Waals surface area (Å²) in [6.07, 6.45) is 1.88. The van der Waals surface area contributed by atoms with Gasteiger partial charge in [-0.25, -0.2) is 9.78 Å². The first kappa shape index (κ1) is 17.0. The smallest absolute Gasteiger partial charge is 0.410 e. The summed E-state index contributed by atoms with van der Waals surface area (Å²) in [4.78, 5) is 30.3. The zero-order chi connectivity index (χ0) is 17.2. The molecule has 8 heteroatoms. The zero-order valence-electron chi connectivity index (χ0n) is 13.9. The third kappa shape index (κ3) is 4.08. The highest BCUT2D eigenvalue weighted by atomic mass is 16.6. The average Bonchev–Trinajstić information content (AvgIpc) is 2.94. The molecule has 0 bridgehead atoms. The van der Waals surface area contributed by atoms with Gasteiger partial charge in [-0.2, -0.15) is 0 Å². The summed E-state index contributed by atoms with van der Waals surface area (Å²) < 4.78 is 5.36. The summed E-state index contributed by atoms with van der Waals surface area (Å²) in [5.74, 6) is 0.313. The number of nitrogens with zero attached hydrogens (tertiary/aromatic N) is 4. The molecule has 2 rings (SSSR count). The predicted octanol–water partition coefficient (Wildman–Crippen LogP) is 2.44. The number of pyridine rings is 1. The molecular formula is C15H22N4O4. The van der Waals surface area contributed by atoms with E-state index in [-0.39, 0.29) is 17.8 Å². The second kappa shape index (κ2) is 6.39. The Morgan fingerprint density at radius 3 is 2.83 bits per heavy atom. The molecule has 1 aromatic heterocycles. The summed E-state index contributed by atoms with van der Waals surface area (Å²) in [5, 5.41) is 11.1. The van der Waals surface area contributed by atoms with Crippen LogP contribution in [0.1, 0.15) is 27.2 Å². The largest absolute Gasteiger partial charge is 0.444 e. The Hall–Kier alpha value is -2.38. The van der Waals surface area contributed by atoms with Gasteiger partial charge in [0, 0.05) is 38.4 Å². The molecule has 1 atom stereocenters. The Labute approximate surface area is 135 Å². The van der Waals surface area contributed by atoms with Crippen molar-refractivity contribution in [3.8, 4) is 0 Å². The lowest BCUT2D eigenvalue weighted by Crippen LogP contribution is -2.39. The van der Waals surface area contributed by atoms with Crippen LogP contribution >= 0.6 is 0 Å². The number of anilines is 1. The van der Waals surface area contributed by atoms with E-state index in [4.69, 9.17) is 4.74 Å². The van der Waals surface area contributed by atoms with E-state index in [1.807, 2.05) is 20.8 Å². The molecule has 0 aliphatic carbocycles. The summed E-state index contributed by atoms with van der Waals surface area (Å²) in [5.41, 5.74) is -0.577. The van der Waals surface area contributed by atoms with Gasteiger partial charge in [-0.1, -0.05) is 0 Å². The number of likely N-dealkylation sites (N-methyl/N-ethyl adjacent to an activating group) is 1. The first-order valence-electron chi connectivity index (χ1n) is 7.49. The van der Waals surface area contributed by atoms with Crippen LogP contribution in [0.4, 0.5) is 16.3 Å². The maximum atomic E-state index is 12.1. The lowest BCUT2D eigenvalue weighted by atomic mass is 10.2. The zero-order valence-corrected chi connectivity index (χ0v) is 13.9. The lowest BCUT2D eigenvalue weighted by Gasteiger charge is -2.27. The molecular weight excluding hydrogens is 300 g/mol. The standard InChI is InChI=1S/C15H22N4O4/c1-15(2,3)23-14(20)18-9-7-11(10-18)17(4)13-12(19(21)22)6-5-8-16-13/h5-6,8,11H,7,9-10H2,1-4H3. The molecule has 2 heterocycles. The Morgan fingerprint density at radius 2 is 2.22 bits per heavy atom. The molecule has 1 saturated heterocycles. The number of carbonyl (C=O) groups excluding carboxylic acids is 1. The number of carbonyl (C=O) groups is 1. The van der Waals surface area contributed by atoms with Crippen molar-refractivity contribution in [2.24, 2.45) is 0 Å². The third-order valence-corrected chi connectivity index (χ3v) is 3.66. The summed E-state index contributed by atoms with van der Waals surface area (Å²) in [7, 11) is 1.76. The highest BCUT2D eigenvalue weighted by Gasteiger charge is 2.33. The number of aromatic nitrogens is 1. The molecule has 8 nitrogen and oxygen atoms in total. The fraction of sp³-hybridized carbons (Fsp3) is 0.600. The van der Waals surface area contributed by atoms with Gasteiger partial charge in [0.05, 0.1) is 4.92 Å².